The van der Waals surface area contributed by atoms with E-state index in [0.717, 1.165) is 0 Å². The van der Waals surface area contributed by atoms with E-state index in [0.29, 0.717) is 11.3 Å². The summed E-state index contributed by atoms with van der Waals surface area (Å²) >= 11 is 0. The smallest absolute Gasteiger partial charge is 0.483 e. The second kappa shape index (κ2) is 10.7. The quantitative estimate of drug-likeness (QED) is 0.277. The van der Waals surface area contributed by atoms with E-state index in [-0.39, 0.29) is 47.7 Å². The van der Waals surface area contributed by atoms with Gasteiger partial charge in [-0.1, -0.05) is 6.07 Å². The topological polar surface area (TPSA) is 165 Å². The zero-order valence-corrected chi connectivity index (χ0v) is 18.6. The van der Waals surface area contributed by atoms with Gasteiger partial charge in [-0.3, -0.25) is 34.2 Å². The molecular formula is C21H21F3N4O8. The third-order valence-corrected chi connectivity index (χ3v) is 5.30. The lowest BCUT2D eigenvalue weighted by Crippen LogP contribution is -2.54. The van der Waals surface area contributed by atoms with Crippen molar-refractivity contribution in [2.45, 2.75) is 37.9 Å². The molecule has 1 aromatic rings. The van der Waals surface area contributed by atoms with E-state index in [1.165, 1.54) is 18.2 Å². The number of fused-ring (bicyclic) bond motifs is 1. The molecule has 12 nitrogen and oxygen atoms in total. The Morgan fingerprint density at radius 2 is 1.86 bits per heavy atom. The van der Waals surface area contributed by atoms with Crippen LogP contribution >= 0.6 is 0 Å². The van der Waals surface area contributed by atoms with Gasteiger partial charge in [0.05, 0.1) is 17.7 Å². The molecule has 3 N–H and O–H groups in total. The Hall–Kier alpha value is -4.01. The summed E-state index contributed by atoms with van der Waals surface area (Å²) in [6, 6.07) is 2.64. The number of carbonyl (C=O) groups excluding carboxylic acids is 6. The summed E-state index contributed by atoms with van der Waals surface area (Å²) < 4.78 is 43.1. The summed E-state index contributed by atoms with van der Waals surface area (Å²) in [5.74, 6) is -7.11. The van der Waals surface area contributed by atoms with Crippen molar-refractivity contribution in [1.29, 1.82) is 0 Å². The monoisotopic (exact) mass is 514 g/mol. The number of piperidine rings is 1. The highest BCUT2D eigenvalue weighted by Gasteiger charge is 2.46. The van der Waals surface area contributed by atoms with Crippen molar-refractivity contribution in [2.24, 2.45) is 5.73 Å². The largest absolute Gasteiger partial charge is 0.493 e. The Morgan fingerprint density at radius 3 is 2.50 bits per heavy atom. The minimum Gasteiger partial charge on any atom is -0.483 e. The van der Waals surface area contributed by atoms with Crippen LogP contribution in [0.2, 0.25) is 0 Å². The predicted octanol–water partition coefficient (Wildman–Crippen LogP) is 0.0546. The number of alkyl halides is 3. The number of hydrogen-bond donors (Lipinski definition) is 2. The third-order valence-electron chi connectivity index (χ3n) is 5.30. The summed E-state index contributed by atoms with van der Waals surface area (Å²) in [4.78, 5) is 78.0. The molecule has 0 spiro atoms. The summed E-state index contributed by atoms with van der Waals surface area (Å²) in [6.45, 7) is -1.15. The number of unbranched alkanes of at least 4 members (excludes halogenated alkanes) is 1. The molecule has 1 saturated heterocycles. The van der Waals surface area contributed by atoms with Gasteiger partial charge in [0.1, 0.15) is 11.8 Å². The van der Waals surface area contributed by atoms with Crippen molar-refractivity contribution in [3.63, 3.8) is 0 Å². The van der Waals surface area contributed by atoms with E-state index in [1.54, 1.807) is 0 Å². The summed E-state index contributed by atoms with van der Waals surface area (Å²) in [6.07, 6.45) is -5.06. The van der Waals surface area contributed by atoms with Crippen LogP contribution in [-0.4, -0.2) is 77.4 Å². The van der Waals surface area contributed by atoms with Crippen LogP contribution in [0.25, 0.3) is 0 Å². The van der Waals surface area contributed by atoms with E-state index in [2.05, 4.69) is 10.2 Å². The highest BCUT2D eigenvalue weighted by atomic mass is 19.4. The molecule has 1 fully saturated rings. The number of ether oxygens (including phenoxy) is 1. The van der Waals surface area contributed by atoms with Crippen LogP contribution in [0.3, 0.4) is 0 Å². The molecule has 2 aliphatic heterocycles. The molecule has 194 valence electrons. The molecule has 0 aromatic heterocycles. The van der Waals surface area contributed by atoms with Crippen molar-refractivity contribution < 1.29 is 51.5 Å². The maximum Gasteiger partial charge on any atom is 0.493 e. The van der Waals surface area contributed by atoms with Crippen LogP contribution in [0.1, 0.15) is 46.4 Å². The Balaban J connectivity index is 1.76. The molecule has 0 saturated carbocycles. The minimum absolute atomic E-state index is 0.0762. The first-order valence-electron chi connectivity index (χ1n) is 10.7. The van der Waals surface area contributed by atoms with Crippen molar-refractivity contribution >= 4 is 35.5 Å². The zero-order chi connectivity index (χ0) is 26.6. The van der Waals surface area contributed by atoms with Gasteiger partial charge < -0.3 is 15.3 Å². The van der Waals surface area contributed by atoms with E-state index in [4.69, 9.17) is 10.5 Å². The first kappa shape index (κ1) is 26.6. The van der Waals surface area contributed by atoms with Gasteiger partial charge in [-0.2, -0.15) is 18.2 Å². The van der Waals surface area contributed by atoms with Crippen LogP contribution in [0.5, 0.6) is 5.75 Å². The molecule has 0 bridgehead atoms. The average Bonchev–Trinajstić information content (AvgIpc) is 3.07. The molecule has 1 aromatic carbocycles. The predicted molar refractivity (Wildman–Crippen MR) is 111 cm³/mol. The second-order valence-electron chi connectivity index (χ2n) is 7.78. The fraction of sp³-hybridized carbons (Fsp3) is 0.429. The number of nitrogens with zero attached hydrogens (tertiary/aromatic N) is 2. The number of hydroxylamine groups is 2. The van der Waals surface area contributed by atoms with Gasteiger partial charge in [0.15, 0.2) is 6.61 Å². The van der Waals surface area contributed by atoms with Crippen LogP contribution in [0.15, 0.2) is 18.2 Å². The lowest BCUT2D eigenvalue weighted by molar-refractivity contribution is -0.237. The van der Waals surface area contributed by atoms with Gasteiger partial charge in [0, 0.05) is 6.42 Å². The summed E-state index contributed by atoms with van der Waals surface area (Å²) in [5, 5.41) is 2.25. The fourth-order valence-corrected chi connectivity index (χ4v) is 3.59. The van der Waals surface area contributed by atoms with Crippen LogP contribution in [0.4, 0.5) is 13.2 Å². The van der Waals surface area contributed by atoms with Gasteiger partial charge in [-0.05, 0) is 37.9 Å². The molecule has 5 amide bonds. The third kappa shape index (κ3) is 5.62. The van der Waals surface area contributed by atoms with Gasteiger partial charge in [0.2, 0.25) is 11.8 Å². The van der Waals surface area contributed by atoms with Gasteiger partial charge >= 0.3 is 12.1 Å². The molecule has 0 radical (unpaired) electrons. The molecule has 0 aliphatic carbocycles. The molecule has 36 heavy (non-hydrogen) atoms. The number of nitrogens with one attached hydrogen (secondary N) is 1. The van der Waals surface area contributed by atoms with Gasteiger partial charge in [0.25, 0.3) is 17.7 Å². The Morgan fingerprint density at radius 1 is 1.14 bits per heavy atom. The number of carbonyl (C=O) groups is 6. The molecule has 15 heteroatoms. The number of amides is 5. The first-order chi connectivity index (χ1) is 17.0. The Labute approximate surface area is 201 Å². The van der Waals surface area contributed by atoms with Crippen LogP contribution < -0.4 is 15.8 Å². The van der Waals surface area contributed by atoms with E-state index >= 15 is 0 Å². The van der Waals surface area contributed by atoms with Crippen molar-refractivity contribution in [3.05, 3.63) is 29.3 Å². The SMILES string of the molecule is NCCCCN(OC(=O)C(F)(F)F)C(=O)COc1cccc2c1C(=O)N(C1CCC(=O)NC1=O)C2=O. The summed E-state index contributed by atoms with van der Waals surface area (Å²) in [7, 11) is 0. The number of hydrogen-bond acceptors (Lipinski definition) is 9. The molecule has 1 unspecified atom stereocenters. The number of nitrogens with two attached hydrogens (primary N) is 1. The highest BCUT2D eigenvalue weighted by molar-refractivity contribution is 6.24. The molecule has 3 rings (SSSR count). The standard InChI is InChI=1S/C21H21F3N4O8/c22-21(23,24)20(34)36-27(9-2-1-8-25)15(30)10-35-13-5-3-4-11-16(13)19(33)28(18(11)32)12-6-7-14(29)26-17(12)31/h3-5,12H,1-2,6-10,25H2,(H,26,29,31). The first-order valence-corrected chi connectivity index (χ1v) is 10.7. The average molecular weight is 514 g/mol. The van der Waals surface area contributed by atoms with E-state index < -0.39 is 60.9 Å². The molecular weight excluding hydrogens is 493 g/mol. The lowest BCUT2D eigenvalue weighted by atomic mass is 10.0. The number of halogens is 3. The van der Waals surface area contributed by atoms with Crippen molar-refractivity contribution in [3.8, 4) is 5.75 Å². The van der Waals surface area contributed by atoms with E-state index in [1.807, 2.05) is 0 Å². The van der Waals surface area contributed by atoms with Gasteiger partial charge in [-0.15, -0.1) is 0 Å². The van der Waals surface area contributed by atoms with Crippen molar-refractivity contribution in [2.75, 3.05) is 19.7 Å². The molecule has 2 aliphatic rings. The van der Waals surface area contributed by atoms with Crippen LogP contribution in [-0.2, 0) is 24.0 Å². The van der Waals surface area contributed by atoms with E-state index in [9.17, 15) is 41.9 Å². The lowest BCUT2D eigenvalue weighted by Gasteiger charge is -2.27. The van der Waals surface area contributed by atoms with Crippen LogP contribution in [0, 0.1) is 0 Å². The van der Waals surface area contributed by atoms with Crippen molar-refractivity contribution in [1.82, 2.24) is 15.3 Å². The molecule has 1 atom stereocenters. The Kier molecular flexibility index (Phi) is 7.92. The minimum atomic E-state index is -5.35. The zero-order valence-electron chi connectivity index (χ0n) is 18.6. The maximum absolute atomic E-state index is 13.0. The summed E-state index contributed by atoms with van der Waals surface area (Å²) in [5.41, 5.74) is 4.94. The fourth-order valence-electron chi connectivity index (χ4n) is 3.59. The highest BCUT2D eigenvalue weighted by Crippen LogP contribution is 2.33. The normalized spacial score (nSPS) is 17.6. The number of imide groups is 2. The maximum atomic E-state index is 13.0. The number of benzene rings is 1. The second-order valence-corrected chi connectivity index (χ2v) is 7.78. The Bertz CT molecular complexity index is 1110. The number of rotatable bonds is 8. The molecule has 2 heterocycles. The van der Waals surface area contributed by atoms with Gasteiger partial charge in [-0.25, -0.2) is 4.79 Å².